The maximum atomic E-state index is 2.47. The van der Waals surface area contributed by atoms with Crippen LogP contribution in [0.25, 0.3) is 11.1 Å². The van der Waals surface area contributed by atoms with Crippen LogP contribution in [-0.4, -0.2) is 15.5 Å². The molecule has 0 spiro atoms. The van der Waals surface area contributed by atoms with Gasteiger partial charge < -0.3 is 9.80 Å². The maximum absolute atomic E-state index is 2.47. The molecule has 7 aromatic rings. The van der Waals surface area contributed by atoms with Crippen LogP contribution in [0.4, 0.5) is 34.1 Å². The molecule has 0 unspecified atom stereocenters. The standard InChI is InChI=1S/C43H32BN2Si/c1-47(35-19-9-4-10-20-35)36-27-25-31(26-28-36)32-29-41-43-42(30-32)46(34-17-7-3-8-18-34)40-24-14-12-22-38(40)44(43)37-21-11-13-23-39(37)45(41)33-15-5-2-6-16-33/h2-30H,1H3/q+1. The lowest BCUT2D eigenvalue weighted by Crippen LogP contribution is -2.61. The van der Waals surface area contributed by atoms with Gasteiger partial charge in [0, 0.05) is 34.1 Å². The molecule has 2 aliphatic heterocycles. The number of fused-ring (bicyclic) bond motifs is 4. The lowest BCUT2D eigenvalue weighted by molar-refractivity contribution is 1.25. The second-order valence-corrected chi connectivity index (χ2v) is 14.8. The summed E-state index contributed by atoms with van der Waals surface area (Å²) in [4.78, 5) is 4.95. The Hall–Kier alpha value is -5.58. The van der Waals surface area contributed by atoms with Crippen molar-refractivity contribution in [2.24, 2.45) is 0 Å². The second kappa shape index (κ2) is 11.3. The normalized spacial score (nSPS) is 12.7. The zero-order chi connectivity index (χ0) is 31.3. The van der Waals surface area contributed by atoms with Crippen LogP contribution in [-0.2, 0) is 0 Å². The number of hydrogen-bond acceptors (Lipinski definition) is 2. The molecule has 220 valence electrons. The van der Waals surface area contributed by atoms with Crippen molar-refractivity contribution in [3.63, 3.8) is 0 Å². The highest BCUT2D eigenvalue weighted by Crippen LogP contribution is 2.45. The SMILES string of the molecule is C[Si+](c1ccccc1)c1ccc(-c2cc3c4c(c2)N(c2ccccc2)c2ccccc2B4c2ccccc2N3c2ccccc2)cc1. The number of benzene rings is 7. The minimum atomic E-state index is -0.839. The van der Waals surface area contributed by atoms with Crippen molar-refractivity contribution >= 4 is 76.4 Å². The quantitative estimate of drug-likeness (QED) is 0.183. The fraction of sp³-hybridized carbons (Fsp3) is 0.0233. The van der Waals surface area contributed by atoms with Crippen molar-refractivity contribution < 1.29 is 0 Å². The molecule has 0 amide bonds. The van der Waals surface area contributed by atoms with Crippen molar-refractivity contribution in [3.8, 4) is 11.1 Å². The first-order valence-corrected chi connectivity index (χ1v) is 18.3. The predicted molar refractivity (Wildman–Crippen MR) is 203 cm³/mol. The van der Waals surface area contributed by atoms with Crippen molar-refractivity contribution in [2.75, 3.05) is 9.80 Å². The molecule has 0 N–H and O–H groups in total. The van der Waals surface area contributed by atoms with E-state index in [4.69, 9.17) is 0 Å². The van der Waals surface area contributed by atoms with E-state index in [1.165, 1.54) is 72.0 Å². The highest BCUT2D eigenvalue weighted by Gasteiger charge is 2.43. The van der Waals surface area contributed by atoms with E-state index in [0.717, 1.165) is 0 Å². The van der Waals surface area contributed by atoms with E-state index in [1.807, 2.05) is 0 Å². The molecule has 2 heterocycles. The number of para-hydroxylation sites is 4. The van der Waals surface area contributed by atoms with E-state index in [0.29, 0.717) is 0 Å². The van der Waals surface area contributed by atoms with Crippen molar-refractivity contribution in [1.29, 1.82) is 0 Å². The zero-order valence-electron chi connectivity index (χ0n) is 26.2. The summed E-state index contributed by atoms with van der Waals surface area (Å²) < 4.78 is 0. The van der Waals surface area contributed by atoms with E-state index in [-0.39, 0.29) is 6.71 Å². The molecule has 0 saturated carbocycles. The second-order valence-electron chi connectivity index (χ2n) is 12.4. The molecule has 0 atom stereocenters. The van der Waals surface area contributed by atoms with Crippen LogP contribution in [0.1, 0.15) is 0 Å². The Kier molecular flexibility index (Phi) is 6.69. The highest BCUT2D eigenvalue weighted by atomic mass is 28.3. The summed E-state index contributed by atoms with van der Waals surface area (Å²) in [6.45, 7) is 2.52. The summed E-state index contributed by atoms with van der Waals surface area (Å²) in [5, 5.41) is 2.85. The molecular formula is C43H32BN2Si+. The summed E-state index contributed by atoms with van der Waals surface area (Å²) in [5.41, 5.74) is 13.7. The van der Waals surface area contributed by atoms with Crippen LogP contribution in [0.2, 0.25) is 6.55 Å². The third kappa shape index (κ3) is 4.56. The van der Waals surface area contributed by atoms with Gasteiger partial charge in [0.15, 0.2) is 0 Å². The Morgan fingerprint density at radius 1 is 0.404 bits per heavy atom. The van der Waals surface area contributed by atoms with Gasteiger partial charge in [0.25, 0.3) is 6.71 Å². The maximum Gasteiger partial charge on any atom is 0.387 e. The first kappa shape index (κ1) is 27.7. The third-order valence-electron chi connectivity index (χ3n) is 9.77. The largest absolute Gasteiger partial charge is 0.387 e. The monoisotopic (exact) mass is 615 g/mol. The lowest BCUT2D eigenvalue weighted by Gasteiger charge is -2.44. The number of rotatable bonds is 5. The van der Waals surface area contributed by atoms with Gasteiger partial charge in [-0.25, -0.2) is 0 Å². The predicted octanol–water partition coefficient (Wildman–Crippen LogP) is 7.68. The molecule has 0 aliphatic carbocycles. The van der Waals surface area contributed by atoms with Crippen molar-refractivity contribution in [1.82, 2.24) is 0 Å². The molecule has 9 rings (SSSR count). The summed E-state index contributed by atoms with van der Waals surface area (Å²) >= 11 is 0. The molecule has 47 heavy (non-hydrogen) atoms. The van der Waals surface area contributed by atoms with E-state index < -0.39 is 8.80 Å². The summed E-state index contributed by atoms with van der Waals surface area (Å²) in [6.07, 6.45) is 0. The molecule has 2 aliphatic rings. The van der Waals surface area contributed by atoms with Gasteiger partial charge in [-0.15, -0.1) is 0 Å². The van der Waals surface area contributed by atoms with E-state index in [9.17, 15) is 0 Å². The Balaban J connectivity index is 1.30. The highest BCUT2D eigenvalue weighted by molar-refractivity contribution is 7.00. The fourth-order valence-electron chi connectivity index (χ4n) is 7.54. The molecule has 7 aromatic carbocycles. The third-order valence-corrected chi connectivity index (χ3v) is 12.2. The smallest absolute Gasteiger partial charge is 0.311 e. The van der Waals surface area contributed by atoms with Crippen LogP contribution in [0.3, 0.4) is 0 Å². The number of anilines is 6. The van der Waals surface area contributed by atoms with Gasteiger partial charge in [0.05, 0.1) is 6.55 Å². The first-order valence-electron chi connectivity index (χ1n) is 16.3. The zero-order valence-corrected chi connectivity index (χ0v) is 27.2. The van der Waals surface area contributed by atoms with Crippen molar-refractivity contribution in [2.45, 2.75) is 6.55 Å². The van der Waals surface area contributed by atoms with E-state index in [2.05, 4.69) is 192 Å². The lowest BCUT2D eigenvalue weighted by atomic mass is 9.33. The molecule has 0 bridgehead atoms. The Morgan fingerprint density at radius 3 is 1.34 bits per heavy atom. The average molecular weight is 616 g/mol. The fourth-order valence-corrected chi connectivity index (χ4v) is 9.23. The van der Waals surface area contributed by atoms with Crippen LogP contribution in [0.15, 0.2) is 176 Å². The van der Waals surface area contributed by atoms with Gasteiger partial charge in [0.1, 0.15) is 10.4 Å². The first-order chi connectivity index (χ1) is 23.3. The Morgan fingerprint density at radius 2 is 0.830 bits per heavy atom. The van der Waals surface area contributed by atoms with Crippen LogP contribution in [0, 0.1) is 0 Å². The molecule has 0 radical (unpaired) electrons. The molecule has 0 saturated heterocycles. The van der Waals surface area contributed by atoms with E-state index >= 15 is 0 Å². The molecule has 0 fully saturated rings. The Bertz CT molecular complexity index is 2110. The minimum absolute atomic E-state index is 0.125. The summed E-state index contributed by atoms with van der Waals surface area (Å²) in [6, 6.07) is 64.7. The van der Waals surface area contributed by atoms with Gasteiger partial charge >= 0.3 is 8.80 Å². The van der Waals surface area contributed by atoms with Crippen molar-refractivity contribution in [3.05, 3.63) is 176 Å². The van der Waals surface area contributed by atoms with Crippen LogP contribution < -0.4 is 36.6 Å². The van der Waals surface area contributed by atoms with Crippen LogP contribution >= 0.6 is 0 Å². The minimum Gasteiger partial charge on any atom is -0.311 e. The summed E-state index contributed by atoms with van der Waals surface area (Å²) in [7, 11) is -0.839. The van der Waals surface area contributed by atoms with Gasteiger partial charge in [0.2, 0.25) is 0 Å². The van der Waals surface area contributed by atoms with E-state index in [1.54, 1.807) is 0 Å². The summed E-state index contributed by atoms with van der Waals surface area (Å²) in [5.74, 6) is 0. The topological polar surface area (TPSA) is 6.48 Å². The molecule has 4 heteroatoms. The molecule has 0 aromatic heterocycles. The van der Waals surface area contributed by atoms with Gasteiger partial charge in [-0.2, -0.15) is 0 Å². The van der Waals surface area contributed by atoms with Crippen LogP contribution in [0.5, 0.6) is 0 Å². The number of nitrogens with zero attached hydrogens (tertiary/aromatic N) is 2. The average Bonchev–Trinajstić information content (AvgIpc) is 3.15. The molecule has 2 nitrogen and oxygen atoms in total. The molecular weight excluding hydrogens is 583 g/mol. The van der Waals surface area contributed by atoms with Gasteiger partial charge in [-0.1, -0.05) is 103 Å². The van der Waals surface area contributed by atoms with Gasteiger partial charge in [-0.3, -0.25) is 0 Å². The van der Waals surface area contributed by atoms with Gasteiger partial charge in [-0.05, 0) is 100 Å². The number of hydrogen-bond donors (Lipinski definition) is 0. The Labute approximate surface area is 278 Å².